The van der Waals surface area contributed by atoms with Gasteiger partial charge in [0, 0.05) is 18.8 Å². The molecule has 1 aliphatic heterocycles. The zero-order chi connectivity index (χ0) is 30.2. The molecule has 220 valence electrons. The van der Waals surface area contributed by atoms with Gasteiger partial charge in [-0.15, -0.1) is 0 Å². The van der Waals surface area contributed by atoms with Crippen LogP contribution in [0.25, 0.3) is 11.8 Å². The summed E-state index contributed by atoms with van der Waals surface area (Å²) < 4.78 is 40.0. The molecule has 1 atom stereocenters. The summed E-state index contributed by atoms with van der Waals surface area (Å²) in [6, 6.07) is 8.81. The molecule has 5 rings (SSSR count). The van der Waals surface area contributed by atoms with Crippen LogP contribution in [-0.4, -0.2) is 58.2 Å². The molecule has 0 bridgehead atoms. The third-order valence-electron chi connectivity index (χ3n) is 7.20. The largest absolute Gasteiger partial charge is 0.495 e. The van der Waals surface area contributed by atoms with Crippen molar-refractivity contribution in [2.75, 3.05) is 26.9 Å². The van der Waals surface area contributed by atoms with Crippen molar-refractivity contribution >= 4 is 17.9 Å². The van der Waals surface area contributed by atoms with Crippen molar-refractivity contribution in [2.45, 2.75) is 45.6 Å². The van der Waals surface area contributed by atoms with Crippen molar-refractivity contribution in [3.05, 3.63) is 84.0 Å². The van der Waals surface area contributed by atoms with Gasteiger partial charge in [0.15, 0.2) is 5.54 Å². The van der Waals surface area contributed by atoms with Crippen molar-refractivity contribution in [1.29, 1.82) is 5.41 Å². The molecular weight excluding hydrogens is 530 g/mol. The second kappa shape index (κ2) is 14.0. The number of rotatable bonds is 7. The van der Waals surface area contributed by atoms with E-state index in [1.54, 1.807) is 19.5 Å². The number of nitrogens with one attached hydrogen (secondary N) is 1. The van der Waals surface area contributed by atoms with Crippen LogP contribution < -0.4 is 4.74 Å². The number of halogens is 2. The predicted molar refractivity (Wildman–Crippen MR) is 155 cm³/mol. The van der Waals surface area contributed by atoms with Crippen LogP contribution in [0.2, 0.25) is 0 Å². The Morgan fingerprint density at radius 1 is 1.22 bits per heavy atom. The van der Waals surface area contributed by atoms with Crippen LogP contribution in [0, 0.1) is 29.9 Å². The molecule has 3 aromatic rings. The van der Waals surface area contributed by atoms with Crippen molar-refractivity contribution in [3.8, 4) is 11.4 Å². The molecule has 2 N–H and O–H groups in total. The predicted octanol–water partition coefficient (Wildman–Crippen LogP) is 6.21. The lowest BCUT2D eigenvalue weighted by molar-refractivity contribution is -0.158. The molecular formula is C31H38F2N4O4. The fourth-order valence-electron chi connectivity index (χ4n) is 5.14. The Morgan fingerprint density at radius 3 is 2.39 bits per heavy atom. The lowest BCUT2D eigenvalue weighted by Crippen LogP contribution is -2.63. The fraction of sp³-hybridized carbons (Fsp3) is 0.387. The van der Waals surface area contributed by atoms with Gasteiger partial charge in [-0.25, -0.2) is 18.6 Å². The van der Waals surface area contributed by atoms with Crippen LogP contribution in [0.3, 0.4) is 0 Å². The topological polar surface area (TPSA) is 101 Å². The molecule has 2 aromatic carbocycles. The lowest BCUT2D eigenvalue weighted by Gasteiger charge is -2.51. The first-order valence-electron chi connectivity index (χ1n) is 13.6. The minimum atomic E-state index is -1.62. The number of amidine groups is 1. The highest BCUT2D eigenvalue weighted by Crippen LogP contribution is 2.47. The second-order valence-corrected chi connectivity index (χ2v) is 9.57. The van der Waals surface area contributed by atoms with Gasteiger partial charge in [0.1, 0.15) is 29.8 Å². The van der Waals surface area contributed by atoms with Crippen LogP contribution in [0.5, 0.6) is 5.75 Å². The molecule has 2 heterocycles. The summed E-state index contributed by atoms with van der Waals surface area (Å²) in [6.07, 6.45) is 7.71. The Hall–Kier alpha value is -4.05. The van der Waals surface area contributed by atoms with Crippen molar-refractivity contribution in [1.82, 2.24) is 14.5 Å². The van der Waals surface area contributed by atoms with Gasteiger partial charge in [0.25, 0.3) is 0 Å². The highest BCUT2D eigenvalue weighted by molar-refractivity contribution is 5.91. The smallest absolute Gasteiger partial charge is 0.334 e. The number of morpholine rings is 1. The van der Waals surface area contributed by atoms with Crippen LogP contribution >= 0.6 is 0 Å². The number of carbonyl (C=O) groups is 1. The van der Waals surface area contributed by atoms with Gasteiger partial charge < -0.3 is 24.0 Å². The van der Waals surface area contributed by atoms with Gasteiger partial charge in [-0.2, -0.15) is 0 Å². The minimum Gasteiger partial charge on any atom is -0.495 e. The van der Waals surface area contributed by atoms with E-state index < -0.39 is 23.1 Å². The number of aliphatic carboxylic acids is 1. The number of carboxylic acids is 1. The van der Waals surface area contributed by atoms with Gasteiger partial charge in [0.2, 0.25) is 0 Å². The van der Waals surface area contributed by atoms with E-state index >= 15 is 0 Å². The third-order valence-corrected chi connectivity index (χ3v) is 7.20. The highest BCUT2D eigenvalue weighted by atomic mass is 19.1. The number of imidazole rings is 1. The average molecular weight is 569 g/mol. The summed E-state index contributed by atoms with van der Waals surface area (Å²) in [5, 5.41) is 18.1. The van der Waals surface area contributed by atoms with Crippen LogP contribution in [-0.2, 0) is 15.1 Å². The third kappa shape index (κ3) is 6.65. The summed E-state index contributed by atoms with van der Waals surface area (Å²) in [4.78, 5) is 17.9. The number of ether oxygens (including phenoxy) is 2. The van der Waals surface area contributed by atoms with Crippen LogP contribution in [0.1, 0.15) is 49.9 Å². The number of aryl methyl sites for hydroxylation is 1. The summed E-state index contributed by atoms with van der Waals surface area (Å²) in [7, 11) is 1.66. The summed E-state index contributed by atoms with van der Waals surface area (Å²) in [6.45, 7) is 10.2. The number of methoxy groups -OCH3 is 1. The number of benzene rings is 2. The first-order chi connectivity index (χ1) is 19.7. The maximum absolute atomic E-state index is 13.7. The quantitative estimate of drug-likeness (QED) is 0.351. The second-order valence-electron chi connectivity index (χ2n) is 9.57. The highest BCUT2D eigenvalue weighted by Gasteiger charge is 2.55. The molecule has 0 radical (unpaired) electrons. The van der Waals surface area contributed by atoms with E-state index in [0.717, 1.165) is 47.3 Å². The molecule has 8 nitrogen and oxygen atoms in total. The van der Waals surface area contributed by atoms with E-state index in [9.17, 15) is 18.7 Å². The maximum Gasteiger partial charge on any atom is 0.334 e. The molecule has 1 unspecified atom stereocenters. The van der Waals surface area contributed by atoms with Crippen molar-refractivity contribution in [2.24, 2.45) is 5.92 Å². The normalized spacial score (nSPS) is 16.2. The molecule has 1 aliphatic carbocycles. The van der Waals surface area contributed by atoms with E-state index in [-0.39, 0.29) is 37.1 Å². The Bertz CT molecular complexity index is 1350. The van der Waals surface area contributed by atoms with Gasteiger partial charge in [-0.1, -0.05) is 39.0 Å². The number of aromatic nitrogens is 2. The van der Waals surface area contributed by atoms with Gasteiger partial charge >= 0.3 is 5.97 Å². The van der Waals surface area contributed by atoms with Crippen molar-refractivity contribution in [3.63, 3.8) is 0 Å². The lowest BCUT2D eigenvalue weighted by atomic mass is 9.66. The first-order valence-corrected chi connectivity index (χ1v) is 13.6. The molecule has 0 spiro atoms. The number of hydrogen-bond acceptors (Lipinski definition) is 5. The summed E-state index contributed by atoms with van der Waals surface area (Å²) in [5.41, 5.74) is 1.43. The van der Waals surface area contributed by atoms with Crippen LogP contribution in [0.4, 0.5) is 8.78 Å². The van der Waals surface area contributed by atoms with Gasteiger partial charge in [0.05, 0.1) is 31.4 Å². The average Bonchev–Trinajstić information content (AvgIpc) is 3.37. The molecule has 2 aliphatic rings. The van der Waals surface area contributed by atoms with Crippen molar-refractivity contribution < 1.29 is 28.2 Å². The van der Waals surface area contributed by atoms with E-state index in [1.807, 2.05) is 49.7 Å². The van der Waals surface area contributed by atoms with E-state index in [0.29, 0.717) is 12.8 Å². The zero-order valence-electron chi connectivity index (χ0n) is 24.0. The number of carboxylic acid groups (broad SMARTS) is 1. The molecule has 41 heavy (non-hydrogen) atoms. The Labute approximate surface area is 239 Å². The van der Waals surface area contributed by atoms with E-state index in [2.05, 4.69) is 11.6 Å². The minimum absolute atomic E-state index is 0.000449. The van der Waals surface area contributed by atoms with Gasteiger partial charge in [-0.3, -0.25) is 5.41 Å². The number of nitrogens with zero attached hydrogens (tertiary/aromatic N) is 3. The molecule has 2 fully saturated rings. The van der Waals surface area contributed by atoms with Gasteiger partial charge in [-0.05, 0) is 61.1 Å². The first kappa shape index (κ1) is 31.5. The molecule has 0 amide bonds. The molecule has 1 saturated heterocycles. The Kier molecular flexibility index (Phi) is 10.8. The fourth-order valence-corrected chi connectivity index (χ4v) is 5.14. The zero-order valence-corrected chi connectivity index (χ0v) is 24.0. The number of hydrogen-bond donors (Lipinski definition) is 2. The Balaban J connectivity index is 0.000000225. The molecule has 1 saturated carbocycles. The van der Waals surface area contributed by atoms with E-state index in [4.69, 9.17) is 14.9 Å². The van der Waals surface area contributed by atoms with Crippen LogP contribution in [0.15, 0.2) is 55.5 Å². The molecule has 1 aromatic heterocycles. The Morgan fingerprint density at radius 2 is 1.90 bits per heavy atom. The van der Waals surface area contributed by atoms with E-state index in [1.165, 1.54) is 4.90 Å². The molecule has 10 heteroatoms. The SMILES string of the molecule is C=Cc1ccc(-n2cnc(C)c2)c(OC)c1.CC.N=C1COCCN1C(C(=O)O)(c1cc(F)cc(F)c1)C1CCC1. The maximum atomic E-state index is 13.7. The summed E-state index contributed by atoms with van der Waals surface area (Å²) >= 11 is 0. The standard InChI is InChI=1S/C16H18F2N2O3.C13H14N2O.C2H6/c17-12-6-11(7-13(18)8-12)16(15(21)22,10-2-1-3-10)20-4-5-23-9-14(20)19;1-4-11-5-6-12(13(7-11)16-3)15-8-10(2)14-9-15;1-2/h6-8,10,19H,1-5,9H2,(H,21,22);4-9H,1H2,2-3H3;1-2H3. The monoisotopic (exact) mass is 568 g/mol. The summed E-state index contributed by atoms with van der Waals surface area (Å²) in [5.74, 6) is -2.27.